The van der Waals surface area contributed by atoms with Gasteiger partial charge in [0.2, 0.25) is 10.0 Å². The van der Waals surface area contributed by atoms with Crippen LogP contribution in [-0.4, -0.2) is 60.9 Å². The predicted molar refractivity (Wildman–Crippen MR) is 95.2 cm³/mol. The van der Waals surface area contributed by atoms with Crippen molar-refractivity contribution in [2.45, 2.75) is 18.0 Å². The molecule has 0 spiro atoms. The van der Waals surface area contributed by atoms with E-state index in [4.69, 9.17) is 4.74 Å². The van der Waals surface area contributed by atoms with Crippen LogP contribution in [0.15, 0.2) is 47.5 Å². The Morgan fingerprint density at radius 2 is 1.69 bits per heavy atom. The largest absolute Gasteiger partial charge is 0.379 e. The van der Waals surface area contributed by atoms with Gasteiger partial charge in [-0.15, -0.1) is 0 Å². The number of sulfonamides is 1. The Kier molecular flexibility index (Phi) is 4.56. The van der Waals surface area contributed by atoms with Crippen LogP contribution in [0.25, 0.3) is 0 Å². The smallest absolute Gasteiger partial charge is 0.254 e. The number of hydrogen-bond donors (Lipinski definition) is 0. The van der Waals surface area contributed by atoms with Gasteiger partial charge in [-0.1, -0.05) is 0 Å². The molecule has 0 N–H and O–H groups in total. The predicted octanol–water partition coefficient (Wildman–Crippen LogP) is 1.16. The van der Waals surface area contributed by atoms with Crippen LogP contribution in [0.4, 0.5) is 0 Å². The lowest BCUT2D eigenvalue weighted by molar-refractivity contribution is 0.0711. The Hall–Kier alpha value is -2.16. The molecule has 0 saturated carbocycles. The zero-order chi connectivity index (χ0) is 18.1. The van der Waals surface area contributed by atoms with Gasteiger partial charge >= 0.3 is 0 Å². The SMILES string of the molecule is O=C(c1ccc(S(=O)(=O)N2CCOCC2)cc1)N1CCn2cccc2C1. The van der Waals surface area contributed by atoms with Crippen LogP contribution in [0.5, 0.6) is 0 Å². The standard InChI is InChI=1S/C18H21N3O4S/c22-18(20-9-8-19-7-1-2-16(19)14-20)15-3-5-17(6-4-15)26(23,24)21-10-12-25-13-11-21/h1-7H,8-14H2. The fourth-order valence-electron chi connectivity index (χ4n) is 3.38. The summed E-state index contributed by atoms with van der Waals surface area (Å²) in [4.78, 5) is 14.7. The molecule has 1 aromatic carbocycles. The van der Waals surface area contributed by atoms with Crippen LogP contribution in [0.2, 0.25) is 0 Å². The van der Waals surface area contributed by atoms with Crippen LogP contribution in [0.1, 0.15) is 16.1 Å². The normalized spacial score (nSPS) is 18.5. The number of fused-ring (bicyclic) bond motifs is 1. The van der Waals surface area contributed by atoms with E-state index in [0.29, 0.717) is 45.0 Å². The molecule has 0 aliphatic carbocycles. The average Bonchev–Trinajstić information content (AvgIpc) is 3.16. The van der Waals surface area contributed by atoms with Crippen LogP contribution in [0, 0.1) is 0 Å². The molecular weight excluding hydrogens is 354 g/mol. The maximum Gasteiger partial charge on any atom is 0.254 e. The van der Waals surface area contributed by atoms with Gasteiger partial charge in [0.25, 0.3) is 5.91 Å². The molecule has 2 aromatic rings. The van der Waals surface area contributed by atoms with Crippen LogP contribution in [0.3, 0.4) is 0 Å². The van der Waals surface area contributed by atoms with E-state index in [9.17, 15) is 13.2 Å². The first-order chi connectivity index (χ1) is 12.6. The highest BCUT2D eigenvalue weighted by Crippen LogP contribution is 2.20. The van der Waals surface area contributed by atoms with Gasteiger partial charge < -0.3 is 14.2 Å². The highest BCUT2D eigenvalue weighted by atomic mass is 32.2. The second-order valence-electron chi connectivity index (χ2n) is 6.46. The summed E-state index contributed by atoms with van der Waals surface area (Å²) >= 11 is 0. The Bertz CT molecular complexity index is 899. The van der Waals surface area contributed by atoms with Crippen LogP contribution < -0.4 is 0 Å². The highest BCUT2D eigenvalue weighted by Gasteiger charge is 2.27. The summed E-state index contributed by atoms with van der Waals surface area (Å²) in [5, 5.41) is 0. The minimum atomic E-state index is -3.54. The van der Waals surface area contributed by atoms with Crippen molar-refractivity contribution in [2.24, 2.45) is 0 Å². The van der Waals surface area contributed by atoms with Gasteiger partial charge in [0.05, 0.1) is 24.7 Å². The number of rotatable bonds is 3. The molecule has 1 saturated heterocycles. The molecule has 138 valence electrons. The molecule has 8 heteroatoms. The zero-order valence-corrected chi connectivity index (χ0v) is 15.2. The molecule has 0 atom stereocenters. The molecule has 26 heavy (non-hydrogen) atoms. The van der Waals surface area contributed by atoms with Crippen molar-refractivity contribution in [2.75, 3.05) is 32.8 Å². The summed E-state index contributed by atoms with van der Waals surface area (Å²) in [7, 11) is -3.54. The van der Waals surface area contributed by atoms with Crippen molar-refractivity contribution in [3.63, 3.8) is 0 Å². The van der Waals surface area contributed by atoms with Crippen molar-refractivity contribution in [3.05, 3.63) is 53.9 Å². The van der Waals surface area contributed by atoms with E-state index in [2.05, 4.69) is 4.57 Å². The molecule has 2 aliphatic rings. The van der Waals surface area contributed by atoms with Gasteiger partial charge in [-0.2, -0.15) is 4.31 Å². The van der Waals surface area contributed by atoms with Gasteiger partial charge in [0, 0.05) is 43.6 Å². The van der Waals surface area contributed by atoms with E-state index in [1.807, 2.05) is 18.3 Å². The van der Waals surface area contributed by atoms with E-state index in [1.54, 1.807) is 17.0 Å². The van der Waals surface area contributed by atoms with E-state index in [0.717, 1.165) is 12.2 Å². The summed E-state index contributed by atoms with van der Waals surface area (Å²) in [6, 6.07) is 10.2. The Balaban J connectivity index is 1.50. The third-order valence-electron chi connectivity index (χ3n) is 4.88. The first kappa shape index (κ1) is 17.3. The molecule has 0 unspecified atom stereocenters. The van der Waals surface area contributed by atoms with Crippen molar-refractivity contribution in [1.82, 2.24) is 13.8 Å². The summed E-state index contributed by atoms with van der Waals surface area (Å²) in [6.07, 6.45) is 2.02. The molecule has 1 aromatic heterocycles. The first-order valence-electron chi connectivity index (χ1n) is 8.67. The van der Waals surface area contributed by atoms with E-state index in [-0.39, 0.29) is 10.8 Å². The van der Waals surface area contributed by atoms with Gasteiger partial charge in [-0.25, -0.2) is 8.42 Å². The highest BCUT2D eigenvalue weighted by molar-refractivity contribution is 7.89. The fourth-order valence-corrected chi connectivity index (χ4v) is 4.78. The molecule has 0 radical (unpaired) electrons. The topological polar surface area (TPSA) is 71.8 Å². The Morgan fingerprint density at radius 3 is 2.42 bits per heavy atom. The fraction of sp³-hybridized carbons (Fsp3) is 0.389. The lowest BCUT2D eigenvalue weighted by Crippen LogP contribution is -2.40. The second-order valence-corrected chi connectivity index (χ2v) is 8.40. The maximum absolute atomic E-state index is 12.7. The molecule has 0 bridgehead atoms. The first-order valence-corrected chi connectivity index (χ1v) is 10.1. The van der Waals surface area contributed by atoms with Gasteiger partial charge in [-0.05, 0) is 36.4 Å². The van der Waals surface area contributed by atoms with Gasteiger partial charge in [-0.3, -0.25) is 4.79 Å². The number of aromatic nitrogens is 1. The van der Waals surface area contributed by atoms with Crippen molar-refractivity contribution >= 4 is 15.9 Å². The Labute approximate surface area is 152 Å². The van der Waals surface area contributed by atoms with E-state index < -0.39 is 10.0 Å². The minimum absolute atomic E-state index is 0.0761. The number of benzene rings is 1. The third-order valence-corrected chi connectivity index (χ3v) is 6.80. The number of carbonyl (C=O) groups is 1. The van der Waals surface area contributed by atoms with Crippen molar-refractivity contribution < 1.29 is 17.9 Å². The van der Waals surface area contributed by atoms with Crippen LogP contribution >= 0.6 is 0 Å². The van der Waals surface area contributed by atoms with Gasteiger partial charge in [0.1, 0.15) is 0 Å². The molecule has 1 fully saturated rings. The number of carbonyl (C=O) groups excluding carboxylic acids is 1. The minimum Gasteiger partial charge on any atom is -0.379 e. The number of ether oxygens (including phenoxy) is 1. The Morgan fingerprint density at radius 1 is 0.962 bits per heavy atom. The average molecular weight is 375 g/mol. The number of morpholine rings is 1. The van der Waals surface area contributed by atoms with Crippen molar-refractivity contribution in [1.29, 1.82) is 0 Å². The summed E-state index contributed by atoms with van der Waals surface area (Å²) < 4.78 is 34.1. The molecule has 1 amide bonds. The molecule has 4 rings (SSSR count). The van der Waals surface area contributed by atoms with E-state index >= 15 is 0 Å². The molecule has 2 aliphatic heterocycles. The lowest BCUT2D eigenvalue weighted by Gasteiger charge is -2.29. The number of hydrogen-bond acceptors (Lipinski definition) is 4. The summed E-state index contributed by atoms with van der Waals surface area (Å²) in [5.74, 6) is -0.0761. The second kappa shape index (κ2) is 6.86. The number of nitrogens with zero attached hydrogens (tertiary/aromatic N) is 3. The summed E-state index contributed by atoms with van der Waals surface area (Å²) in [5.41, 5.74) is 1.61. The molecule has 7 nitrogen and oxygen atoms in total. The van der Waals surface area contributed by atoms with Crippen molar-refractivity contribution in [3.8, 4) is 0 Å². The zero-order valence-electron chi connectivity index (χ0n) is 14.4. The van der Waals surface area contributed by atoms with Gasteiger partial charge in [0.15, 0.2) is 0 Å². The molecular formula is C18H21N3O4S. The lowest BCUT2D eigenvalue weighted by atomic mass is 10.2. The quantitative estimate of drug-likeness (QED) is 0.807. The van der Waals surface area contributed by atoms with E-state index in [1.165, 1.54) is 16.4 Å². The number of amides is 1. The third kappa shape index (κ3) is 3.15. The monoisotopic (exact) mass is 375 g/mol. The summed E-state index contributed by atoms with van der Waals surface area (Å²) in [6.45, 7) is 3.53. The maximum atomic E-state index is 12.7. The van der Waals surface area contributed by atoms with Crippen LogP contribution in [-0.2, 0) is 27.8 Å². The molecule has 3 heterocycles.